The molecule has 2 heterocycles. The molecule has 0 spiro atoms. The normalized spacial score (nSPS) is 18.3. The Kier molecular flexibility index (Phi) is 5.62. The first-order valence-electron chi connectivity index (χ1n) is 8.07. The number of hydrogen-bond donors (Lipinski definition) is 2. The summed E-state index contributed by atoms with van der Waals surface area (Å²) in [5.74, 6) is 0.0948. The third-order valence-corrected chi connectivity index (χ3v) is 4.88. The molecule has 1 fully saturated rings. The molecule has 1 aromatic rings. The first-order valence-corrected chi connectivity index (χ1v) is 8.95. The van der Waals surface area contributed by atoms with Gasteiger partial charge in [-0.15, -0.1) is 11.3 Å². The summed E-state index contributed by atoms with van der Waals surface area (Å²) in [6.07, 6.45) is 2.04. The van der Waals surface area contributed by atoms with E-state index in [1.165, 1.54) is 0 Å². The van der Waals surface area contributed by atoms with E-state index in [4.69, 9.17) is 0 Å². The highest BCUT2D eigenvalue weighted by molar-refractivity contribution is 7.09. The number of nitrogens with zero attached hydrogens (tertiary/aromatic N) is 2. The minimum absolute atomic E-state index is 0.0948. The molecule has 0 aliphatic carbocycles. The summed E-state index contributed by atoms with van der Waals surface area (Å²) in [5, 5.41) is 8.88. The number of aromatic nitrogens is 1. The molecular weight excluding hydrogens is 312 g/mol. The zero-order valence-corrected chi connectivity index (χ0v) is 15.1. The van der Waals surface area contributed by atoms with Crippen molar-refractivity contribution in [3.8, 4) is 0 Å². The van der Waals surface area contributed by atoms with Crippen molar-refractivity contribution in [3.05, 3.63) is 16.1 Å². The number of carbonyl (C=O) groups is 2. The second-order valence-corrected chi connectivity index (χ2v) is 7.76. The predicted octanol–water partition coefficient (Wildman–Crippen LogP) is 1.95. The average molecular weight is 338 g/mol. The van der Waals surface area contributed by atoms with E-state index >= 15 is 0 Å². The van der Waals surface area contributed by atoms with Gasteiger partial charge in [-0.25, -0.2) is 9.78 Å². The van der Waals surface area contributed by atoms with E-state index in [9.17, 15) is 9.59 Å². The van der Waals surface area contributed by atoms with Crippen LogP contribution in [-0.4, -0.2) is 46.5 Å². The van der Waals surface area contributed by atoms with Crippen LogP contribution in [0.15, 0.2) is 5.38 Å². The van der Waals surface area contributed by atoms with Gasteiger partial charge in [-0.2, -0.15) is 0 Å². The topological polar surface area (TPSA) is 74.3 Å². The Bertz CT molecular complexity index is 565. The number of thiazole rings is 1. The smallest absolute Gasteiger partial charge is 0.315 e. The van der Waals surface area contributed by atoms with Crippen molar-refractivity contribution >= 4 is 23.3 Å². The minimum atomic E-state index is -0.218. The number of rotatable bonds is 5. The van der Waals surface area contributed by atoms with Crippen LogP contribution in [0.1, 0.15) is 44.8 Å². The van der Waals surface area contributed by atoms with Gasteiger partial charge in [-0.05, 0) is 27.2 Å². The maximum atomic E-state index is 12.0. The summed E-state index contributed by atoms with van der Waals surface area (Å²) in [7, 11) is 0. The molecule has 2 rings (SSSR count). The zero-order chi connectivity index (χ0) is 17.0. The number of urea groups is 1. The van der Waals surface area contributed by atoms with Gasteiger partial charge < -0.3 is 15.5 Å². The number of likely N-dealkylation sites (tertiary alicyclic amines) is 1. The first kappa shape index (κ1) is 17.7. The van der Waals surface area contributed by atoms with Crippen LogP contribution in [0.25, 0.3) is 0 Å². The van der Waals surface area contributed by atoms with E-state index in [1.54, 1.807) is 11.3 Å². The van der Waals surface area contributed by atoms with Crippen molar-refractivity contribution in [2.24, 2.45) is 0 Å². The van der Waals surface area contributed by atoms with Crippen LogP contribution in [-0.2, 0) is 17.6 Å². The van der Waals surface area contributed by atoms with Gasteiger partial charge in [0.05, 0.1) is 16.7 Å². The third-order valence-electron chi connectivity index (χ3n) is 3.84. The molecule has 3 amide bonds. The van der Waals surface area contributed by atoms with Crippen LogP contribution in [0, 0.1) is 0 Å². The van der Waals surface area contributed by atoms with Crippen molar-refractivity contribution in [1.82, 2.24) is 20.5 Å². The predicted molar refractivity (Wildman–Crippen MR) is 91.6 cm³/mol. The summed E-state index contributed by atoms with van der Waals surface area (Å²) < 4.78 is 0. The van der Waals surface area contributed by atoms with Crippen molar-refractivity contribution < 1.29 is 9.59 Å². The first-order chi connectivity index (χ1) is 10.8. The molecule has 23 heavy (non-hydrogen) atoms. The van der Waals surface area contributed by atoms with Gasteiger partial charge in [0, 0.05) is 36.9 Å². The summed E-state index contributed by atoms with van der Waals surface area (Å²) >= 11 is 1.65. The molecule has 6 nitrogen and oxygen atoms in total. The summed E-state index contributed by atoms with van der Waals surface area (Å²) in [6.45, 7) is 9.21. The molecule has 1 aromatic heterocycles. The molecule has 0 aromatic carbocycles. The highest BCUT2D eigenvalue weighted by Gasteiger charge is 2.36. The lowest BCUT2D eigenvalue weighted by molar-refractivity contribution is -0.131. The highest BCUT2D eigenvalue weighted by atomic mass is 32.1. The Labute approximate surface area is 141 Å². The Hall–Kier alpha value is -1.63. The molecule has 0 bridgehead atoms. The third kappa shape index (κ3) is 4.92. The van der Waals surface area contributed by atoms with Crippen LogP contribution >= 0.6 is 11.3 Å². The van der Waals surface area contributed by atoms with Gasteiger partial charge in [0.25, 0.3) is 0 Å². The van der Waals surface area contributed by atoms with E-state index in [0.29, 0.717) is 19.5 Å². The Morgan fingerprint density at radius 2 is 2.22 bits per heavy atom. The lowest BCUT2D eigenvalue weighted by Gasteiger charge is -2.32. The fourth-order valence-electron chi connectivity index (χ4n) is 2.62. The highest BCUT2D eigenvalue weighted by Crippen LogP contribution is 2.21. The fourth-order valence-corrected chi connectivity index (χ4v) is 3.40. The van der Waals surface area contributed by atoms with Crippen LogP contribution in [0.4, 0.5) is 4.79 Å². The second kappa shape index (κ2) is 7.29. The van der Waals surface area contributed by atoms with E-state index in [2.05, 4.69) is 22.5 Å². The summed E-state index contributed by atoms with van der Waals surface area (Å²) in [5.41, 5.74) is 0.813. The van der Waals surface area contributed by atoms with Crippen LogP contribution in [0.5, 0.6) is 0 Å². The second-order valence-electron chi connectivity index (χ2n) is 6.81. The van der Waals surface area contributed by atoms with Gasteiger partial charge >= 0.3 is 6.03 Å². The number of nitrogens with one attached hydrogen (secondary N) is 2. The Morgan fingerprint density at radius 1 is 1.48 bits per heavy atom. The van der Waals surface area contributed by atoms with Crippen LogP contribution in [0.2, 0.25) is 0 Å². The molecule has 1 saturated heterocycles. The molecule has 0 unspecified atom stereocenters. The van der Waals surface area contributed by atoms with E-state index < -0.39 is 0 Å². The van der Waals surface area contributed by atoms with Gasteiger partial charge in [0.2, 0.25) is 5.91 Å². The molecule has 1 atom stereocenters. The number of amides is 3. The maximum Gasteiger partial charge on any atom is 0.315 e. The van der Waals surface area contributed by atoms with Gasteiger partial charge in [0.1, 0.15) is 0 Å². The average Bonchev–Trinajstić information content (AvgIpc) is 3.05. The molecule has 0 saturated carbocycles. The number of hydrogen-bond acceptors (Lipinski definition) is 4. The SMILES string of the molecule is CCc1nc(CCNC(=O)N[C@H]2CC(=O)N(C(C)(C)C)C2)cs1. The lowest BCUT2D eigenvalue weighted by atomic mass is 10.1. The molecule has 2 N–H and O–H groups in total. The van der Waals surface area contributed by atoms with Gasteiger partial charge in [-0.1, -0.05) is 6.92 Å². The summed E-state index contributed by atoms with van der Waals surface area (Å²) in [4.78, 5) is 30.2. The van der Waals surface area contributed by atoms with Crippen molar-refractivity contribution in [1.29, 1.82) is 0 Å². The van der Waals surface area contributed by atoms with E-state index in [0.717, 1.165) is 23.5 Å². The van der Waals surface area contributed by atoms with Crippen molar-refractivity contribution in [2.75, 3.05) is 13.1 Å². The largest absolute Gasteiger partial charge is 0.338 e. The minimum Gasteiger partial charge on any atom is -0.338 e. The van der Waals surface area contributed by atoms with E-state index in [-0.39, 0.29) is 23.5 Å². The molecule has 7 heteroatoms. The van der Waals surface area contributed by atoms with Crippen molar-refractivity contribution in [2.45, 2.75) is 58.5 Å². The molecule has 0 radical (unpaired) electrons. The van der Waals surface area contributed by atoms with Crippen molar-refractivity contribution in [3.63, 3.8) is 0 Å². The maximum absolute atomic E-state index is 12.0. The number of carbonyl (C=O) groups excluding carboxylic acids is 2. The fraction of sp³-hybridized carbons (Fsp3) is 0.688. The molecular formula is C16H26N4O2S. The van der Waals surface area contributed by atoms with E-state index in [1.807, 2.05) is 31.1 Å². The molecule has 128 valence electrons. The zero-order valence-electron chi connectivity index (χ0n) is 14.3. The quantitative estimate of drug-likeness (QED) is 0.862. The monoisotopic (exact) mass is 338 g/mol. The van der Waals surface area contributed by atoms with Crippen LogP contribution in [0.3, 0.4) is 0 Å². The Morgan fingerprint density at radius 3 is 2.78 bits per heavy atom. The summed E-state index contributed by atoms with van der Waals surface area (Å²) in [6, 6.07) is -0.336. The van der Waals surface area contributed by atoms with Crippen LogP contribution < -0.4 is 10.6 Å². The molecule has 1 aliphatic heterocycles. The number of aryl methyl sites for hydroxylation is 1. The molecule has 1 aliphatic rings. The van der Waals surface area contributed by atoms with Gasteiger partial charge in [-0.3, -0.25) is 4.79 Å². The Balaban J connectivity index is 1.72. The lowest BCUT2D eigenvalue weighted by Crippen LogP contribution is -2.46. The van der Waals surface area contributed by atoms with Gasteiger partial charge in [0.15, 0.2) is 0 Å². The standard InChI is InChI=1S/C16H26N4O2S/c1-5-13-18-11(10-23-13)6-7-17-15(22)19-12-8-14(21)20(9-12)16(2,3)4/h10,12H,5-9H2,1-4H3,(H2,17,19,22)/t12-/m0/s1.